The van der Waals surface area contributed by atoms with Gasteiger partial charge in [-0.25, -0.2) is 9.18 Å². The van der Waals surface area contributed by atoms with Gasteiger partial charge in [0.1, 0.15) is 5.82 Å². The Morgan fingerprint density at radius 1 is 1.26 bits per heavy atom. The molecular formula is C17H22FN3O2. The van der Waals surface area contributed by atoms with Crippen molar-refractivity contribution in [1.29, 1.82) is 0 Å². The lowest BCUT2D eigenvalue weighted by atomic mass is 10.0. The zero-order valence-electron chi connectivity index (χ0n) is 13.3. The molecule has 2 fully saturated rings. The zero-order chi connectivity index (χ0) is 16.4. The molecular weight excluding hydrogens is 297 g/mol. The highest BCUT2D eigenvalue weighted by Gasteiger charge is 2.33. The molecule has 6 heteroatoms. The van der Waals surface area contributed by atoms with Crippen molar-refractivity contribution in [2.24, 2.45) is 5.92 Å². The number of amides is 3. The Hall–Kier alpha value is -2.11. The van der Waals surface area contributed by atoms with Gasteiger partial charge in [-0.3, -0.25) is 4.79 Å². The second kappa shape index (κ2) is 6.56. The van der Waals surface area contributed by atoms with Crippen LogP contribution < -0.4 is 10.2 Å². The molecule has 5 nitrogen and oxygen atoms in total. The van der Waals surface area contributed by atoms with Crippen LogP contribution >= 0.6 is 0 Å². The number of carbonyl (C=O) groups is 2. The molecule has 1 aromatic rings. The van der Waals surface area contributed by atoms with E-state index in [4.69, 9.17) is 0 Å². The molecule has 124 valence electrons. The molecule has 2 atom stereocenters. The number of urea groups is 1. The largest absolute Gasteiger partial charge is 0.333 e. The SMILES string of the molecule is C[C@H]1CCCN(C(=O)N[C@@H]2CC(=O)N(c3ccc(F)cc3)C2)C1. The third-order valence-electron chi connectivity index (χ3n) is 4.54. The van der Waals surface area contributed by atoms with Gasteiger partial charge >= 0.3 is 6.03 Å². The second-order valence-electron chi connectivity index (χ2n) is 6.52. The van der Waals surface area contributed by atoms with Crippen molar-refractivity contribution in [1.82, 2.24) is 10.2 Å². The molecule has 0 aliphatic carbocycles. The first-order valence-electron chi connectivity index (χ1n) is 8.14. The van der Waals surface area contributed by atoms with Crippen LogP contribution in [0.2, 0.25) is 0 Å². The number of nitrogens with zero attached hydrogens (tertiary/aromatic N) is 2. The van der Waals surface area contributed by atoms with E-state index in [1.165, 1.54) is 12.1 Å². The molecule has 2 aliphatic rings. The van der Waals surface area contributed by atoms with Gasteiger partial charge in [-0.2, -0.15) is 0 Å². The lowest BCUT2D eigenvalue weighted by molar-refractivity contribution is -0.117. The summed E-state index contributed by atoms with van der Waals surface area (Å²) in [6.07, 6.45) is 2.47. The molecule has 2 heterocycles. The van der Waals surface area contributed by atoms with E-state index in [2.05, 4.69) is 12.2 Å². The first-order valence-corrected chi connectivity index (χ1v) is 8.14. The maximum Gasteiger partial charge on any atom is 0.317 e. The van der Waals surface area contributed by atoms with Gasteiger partial charge in [-0.15, -0.1) is 0 Å². The van der Waals surface area contributed by atoms with Crippen molar-refractivity contribution in [3.63, 3.8) is 0 Å². The van der Waals surface area contributed by atoms with Gasteiger partial charge in [0, 0.05) is 31.7 Å². The number of halogens is 1. The summed E-state index contributed by atoms with van der Waals surface area (Å²) in [6, 6.07) is 5.56. The molecule has 0 spiro atoms. The number of hydrogen-bond acceptors (Lipinski definition) is 2. The average molecular weight is 319 g/mol. The number of piperidine rings is 1. The van der Waals surface area contributed by atoms with Gasteiger partial charge in [-0.05, 0) is 43.0 Å². The van der Waals surface area contributed by atoms with Crippen molar-refractivity contribution in [2.75, 3.05) is 24.5 Å². The van der Waals surface area contributed by atoms with Gasteiger partial charge in [0.15, 0.2) is 0 Å². The molecule has 0 radical (unpaired) electrons. The van der Waals surface area contributed by atoms with E-state index in [-0.39, 0.29) is 30.2 Å². The molecule has 23 heavy (non-hydrogen) atoms. The van der Waals surface area contributed by atoms with E-state index < -0.39 is 0 Å². The number of hydrogen-bond donors (Lipinski definition) is 1. The summed E-state index contributed by atoms with van der Waals surface area (Å²) >= 11 is 0. The Morgan fingerprint density at radius 3 is 2.70 bits per heavy atom. The van der Waals surface area contributed by atoms with E-state index in [1.54, 1.807) is 17.0 Å². The molecule has 0 bridgehead atoms. The maximum absolute atomic E-state index is 13.0. The lowest BCUT2D eigenvalue weighted by Gasteiger charge is -2.31. The van der Waals surface area contributed by atoms with Crippen LogP contribution in [-0.4, -0.2) is 42.5 Å². The first kappa shape index (κ1) is 15.8. The first-order chi connectivity index (χ1) is 11.0. The van der Waals surface area contributed by atoms with E-state index in [1.807, 2.05) is 4.90 Å². The maximum atomic E-state index is 13.0. The third-order valence-corrected chi connectivity index (χ3v) is 4.54. The average Bonchev–Trinajstić information content (AvgIpc) is 2.88. The van der Waals surface area contributed by atoms with E-state index >= 15 is 0 Å². The predicted molar refractivity (Wildman–Crippen MR) is 85.7 cm³/mol. The second-order valence-corrected chi connectivity index (χ2v) is 6.52. The van der Waals surface area contributed by atoms with Gasteiger partial charge < -0.3 is 15.1 Å². The molecule has 2 aliphatic heterocycles. The topological polar surface area (TPSA) is 52.7 Å². The zero-order valence-corrected chi connectivity index (χ0v) is 13.3. The molecule has 0 aromatic heterocycles. The summed E-state index contributed by atoms with van der Waals surface area (Å²) in [7, 11) is 0. The molecule has 1 N–H and O–H groups in total. The van der Waals surface area contributed by atoms with Crippen molar-refractivity contribution < 1.29 is 14.0 Å². The molecule has 1 aromatic carbocycles. The lowest BCUT2D eigenvalue weighted by Crippen LogP contribution is -2.49. The summed E-state index contributed by atoms with van der Waals surface area (Å²) in [6.45, 7) is 4.13. The Balaban J connectivity index is 1.59. The Morgan fingerprint density at radius 2 is 2.00 bits per heavy atom. The van der Waals surface area contributed by atoms with Gasteiger partial charge in [-0.1, -0.05) is 6.92 Å². The molecule has 0 saturated carbocycles. The summed E-state index contributed by atoms with van der Waals surface area (Å²) < 4.78 is 13.0. The fraction of sp³-hybridized carbons (Fsp3) is 0.529. The van der Waals surface area contributed by atoms with Crippen LogP contribution in [0.3, 0.4) is 0 Å². The van der Waals surface area contributed by atoms with Gasteiger partial charge in [0.2, 0.25) is 5.91 Å². The normalized spacial score (nSPS) is 24.9. The minimum absolute atomic E-state index is 0.0473. The highest BCUT2D eigenvalue weighted by atomic mass is 19.1. The third kappa shape index (κ3) is 3.63. The minimum atomic E-state index is -0.329. The highest BCUT2D eigenvalue weighted by molar-refractivity contribution is 5.96. The van der Waals surface area contributed by atoms with Crippen LogP contribution in [0.25, 0.3) is 0 Å². The van der Waals surface area contributed by atoms with Crippen molar-refractivity contribution in [3.8, 4) is 0 Å². The fourth-order valence-electron chi connectivity index (χ4n) is 3.31. The van der Waals surface area contributed by atoms with E-state index in [0.717, 1.165) is 25.9 Å². The van der Waals surface area contributed by atoms with Gasteiger partial charge in [0.05, 0.1) is 6.04 Å². The number of carbonyl (C=O) groups excluding carboxylic acids is 2. The molecule has 0 unspecified atom stereocenters. The monoisotopic (exact) mass is 319 g/mol. The summed E-state index contributed by atoms with van der Waals surface area (Å²) in [5, 5.41) is 2.96. The van der Waals surface area contributed by atoms with Crippen molar-refractivity contribution in [2.45, 2.75) is 32.2 Å². The number of benzene rings is 1. The van der Waals surface area contributed by atoms with E-state index in [9.17, 15) is 14.0 Å². The Labute approximate surface area is 135 Å². The molecule has 3 rings (SSSR count). The molecule has 3 amide bonds. The van der Waals surface area contributed by atoms with E-state index in [0.29, 0.717) is 18.2 Å². The number of rotatable bonds is 2. The Kier molecular flexibility index (Phi) is 4.50. The highest BCUT2D eigenvalue weighted by Crippen LogP contribution is 2.22. The number of nitrogens with one attached hydrogen (secondary N) is 1. The van der Waals surface area contributed by atoms with Crippen molar-refractivity contribution >= 4 is 17.6 Å². The predicted octanol–water partition coefficient (Wildman–Crippen LogP) is 2.37. The van der Waals surface area contributed by atoms with Crippen LogP contribution in [0.1, 0.15) is 26.2 Å². The van der Waals surface area contributed by atoms with Crippen LogP contribution in [-0.2, 0) is 4.79 Å². The van der Waals surface area contributed by atoms with Crippen LogP contribution in [0.4, 0.5) is 14.9 Å². The quantitative estimate of drug-likeness (QED) is 0.910. The van der Waals surface area contributed by atoms with Crippen molar-refractivity contribution in [3.05, 3.63) is 30.1 Å². The number of likely N-dealkylation sites (tertiary alicyclic amines) is 1. The minimum Gasteiger partial charge on any atom is -0.333 e. The summed E-state index contributed by atoms with van der Waals surface area (Å²) in [4.78, 5) is 27.9. The number of anilines is 1. The Bertz CT molecular complexity index is 590. The summed E-state index contributed by atoms with van der Waals surface area (Å²) in [5.74, 6) is 0.147. The standard InChI is InChI=1S/C17H22FN3O2/c1-12-3-2-8-20(10-12)17(23)19-14-9-16(22)21(11-14)15-6-4-13(18)5-7-15/h4-7,12,14H,2-3,8-11H2,1H3,(H,19,23)/t12-,14+/m0/s1. The van der Waals surface area contributed by atoms with Crippen LogP contribution in [0, 0.1) is 11.7 Å². The summed E-state index contributed by atoms with van der Waals surface area (Å²) in [5.41, 5.74) is 0.666. The smallest absolute Gasteiger partial charge is 0.317 e. The van der Waals surface area contributed by atoms with Crippen LogP contribution in [0.15, 0.2) is 24.3 Å². The molecule has 2 saturated heterocycles. The fourth-order valence-corrected chi connectivity index (χ4v) is 3.31. The van der Waals surface area contributed by atoms with Crippen LogP contribution in [0.5, 0.6) is 0 Å². The van der Waals surface area contributed by atoms with Gasteiger partial charge in [0.25, 0.3) is 0 Å².